The third-order valence-corrected chi connectivity index (χ3v) is 2.82. The maximum absolute atomic E-state index is 11.6. The number of carbonyl (C=O) groups excluding carboxylic acids is 1. The first-order chi connectivity index (χ1) is 8.56. The standard InChI is InChI=1S/C10H12N2O6/c13-3-5-2-12(10(17)11-9(5)16)8-1-6(15)7(4-14)18-8/h2-3,6-8,14-15H,1,4H2,(H,11,16,17)/t6-,7?,8?/m0/s1. The molecule has 8 nitrogen and oxygen atoms in total. The van der Waals surface area contributed by atoms with Crippen molar-refractivity contribution in [2.24, 2.45) is 0 Å². The van der Waals surface area contributed by atoms with Crippen LogP contribution in [0.1, 0.15) is 23.0 Å². The van der Waals surface area contributed by atoms with Gasteiger partial charge in [0.2, 0.25) is 0 Å². The minimum atomic E-state index is -0.904. The normalized spacial score (nSPS) is 27.3. The van der Waals surface area contributed by atoms with E-state index in [1.54, 1.807) is 0 Å². The summed E-state index contributed by atoms with van der Waals surface area (Å²) in [5, 5.41) is 18.5. The minimum absolute atomic E-state index is 0.0927. The van der Waals surface area contributed by atoms with Gasteiger partial charge in [0.05, 0.1) is 18.3 Å². The van der Waals surface area contributed by atoms with Crippen LogP contribution in [-0.4, -0.2) is 44.9 Å². The van der Waals surface area contributed by atoms with Gasteiger partial charge in [0.15, 0.2) is 6.29 Å². The molecule has 2 rings (SSSR count). The van der Waals surface area contributed by atoms with E-state index in [1.165, 1.54) is 0 Å². The van der Waals surface area contributed by atoms with Crippen molar-refractivity contribution in [1.29, 1.82) is 0 Å². The third-order valence-electron chi connectivity index (χ3n) is 2.82. The molecule has 0 spiro atoms. The fourth-order valence-electron chi connectivity index (χ4n) is 1.85. The highest BCUT2D eigenvalue weighted by molar-refractivity contribution is 5.73. The zero-order valence-electron chi connectivity index (χ0n) is 9.28. The number of hydrogen-bond acceptors (Lipinski definition) is 6. The highest BCUT2D eigenvalue weighted by Crippen LogP contribution is 2.27. The Bertz CT molecular complexity index is 562. The Morgan fingerprint density at radius 3 is 2.83 bits per heavy atom. The summed E-state index contributed by atoms with van der Waals surface area (Å²) >= 11 is 0. The van der Waals surface area contributed by atoms with Crippen molar-refractivity contribution in [3.05, 3.63) is 32.6 Å². The van der Waals surface area contributed by atoms with E-state index in [9.17, 15) is 19.5 Å². The quantitative estimate of drug-likeness (QED) is 0.537. The number of hydrogen-bond donors (Lipinski definition) is 3. The molecule has 98 valence electrons. The van der Waals surface area contributed by atoms with Gasteiger partial charge >= 0.3 is 5.69 Å². The van der Waals surface area contributed by atoms with Crippen molar-refractivity contribution < 1.29 is 19.7 Å². The predicted molar refractivity (Wildman–Crippen MR) is 58.3 cm³/mol. The van der Waals surface area contributed by atoms with Crippen LogP contribution in [0.2, 0.25) is 0 Å². The van der Waals surface area contributed by atoms with Crippen LogP contribution in [0.25, 0.3) is 0 Å². The van der Waals surface area contributed by atoms with Gasteiger partial charge in [-0.2, -0.15) is 0 Å². The number of ether oxygens (including phenoxy) is 1. The number of aromatic nitrogens is 2. The number of aliphatic hydroxyl groups excluding tert-OH is 2. The molecule has 3 atom stereocenters. The summed E-state index contributed by atoms with van der Waals surface area (Å²) in [6, 6.07) is 0. The highest BCUT2D eigenvalue weighted by Gasteiger charge is 2.35. The molecule has 0 amide bonds. The molecule has 1 aromatic heterocycles. The molecule has 0 bridgehead atoms. The molecule has 0 aromatic carbocycles. The van der Waals surface area contributed by atoms with E-state index in [2.05, 4.69) is 0 Å². The lowest BCUT2D eigenvalue weighted by molar-refractivity contribution is -0.0459. The predicted octanol–water partition coefficient (Wildman–Crippen LogP) is -2.01. The number of aliphatic hydroxyl groups is 2. The largest absolute Gasteiger partial charge is 0.394 e. The fraction of sp³-hybridized carbons (Fsp3) is 0.500. The summed E-state index contributed by atoms with van der Waals surface area (Å²) in [5.41, 5.74) is -1.72. The molecular formula is C10H12N2O6. The second kappa shape index (κ2) is 4.84. The topological polar surface area (TPSA) is 122 Å². The lowest BCUT2D eigenvalue weighted by atomic mass is 10.2. The molecule has 1 fully saturated rings. The molecule has 2 unspecified atom stereocenters. The molecule has 8 heteroatoms. The molecular weight excluding hydrogens is 244 g/mol. The summed E-state index contributed by atoms with van der Waals surface area (Å²) in [6.07, 6.45) is -1.02. The number of nitrogens with one attached hydrogen (secondary N) is 1. The van der Waals surface area contributed by atoms with Crippen LogP contribution in [0.5, 0.6) is 0 Å². The Balaban J connectivity index is 2.38. The fourth-order valence-corrected chi connectivity index (χ4v) is 1.85. The Morgan fingerprint density at radius 1 is 1.56 bits per heavy atom. The van der Waals surface area contributed by atoms with Gasteiger partial charge in [-0.25, -0.2) is 4.79 Å². The SMILES string of the molecule is O=Cc1cn(C2C[C@H](O)C(CO)O2)c(=O)[nH]c1=O. The monoisotopic (exact) mass is 256 g/mol. The van der Waals surface area contributed by atoms with Crippen LogP contribution in [0.3, 0.4) is 0 Å². The first-order valence-corrected chi connectivity index (χ1v) is 5.32. The van der Waals surface area contributed by atoms with Gasteiger partial charge in [0.25, 0.3) is 5.56 Å². The summed E-state index contributed by atoms with van der Waals surface area (Å²) in [6.45, 7) is -0.379. The molecule has 3 N–H and O–H groups in total. The first-order valence-electron chi connectivity index (χ1n) is 5.32. The van der Waals surface area contributed by atoms with E-state index in [-0.39, 0.29) is 18.6 Å². The second-order valence-electron chi connectivity index (χ2n) is 3.98. The lowest BCUT2D eigenvalue weighted by Crippen LogP contribution is -2.34. The maximum Gasteiger partial charge on any atom is 0.330 e. The molecule has 18 heavy (non-hydrogen) atoms. The van der Waals surface area contributed by atoms with Gasteiger partial charge in [-0.05, 0) is 0 Å². The van der Waals surface area contributed by atoms with Gasteiger partial charge in [0.1, 0.15) is 12.3 Å². The molecule has 0 aliphatic carbocycles. The van der Waals surface area contributed by atoms with Crippen LogP contribution < -0.4 is 11.2 Å². The van der Waals surface area contributed by atoms with Gasteiger partial charge in [-0.15, -0.1) is 0 Å². The molecule has 0 radical (unpaired) electrons. The van der Waals surface area contributed by atoms with E-state index in [0.29, 0.717) is 6.29 Å². The molecule has 2 heterocycles. The first kappa shape index (κ1) is 12.7. The van der Waals surface area contributed by atoms with Gasteiger partial charge < -0.3 is 14.9 Å². The van der Waals surface area contributed by atoms with E-state index in [4.69, 9.17) is 9.84 Å². The Morgan fingerprint density at radius 2 is 2.28 bits per heavy atom. The molecule has 1 aliphatic heterocycles. The number of nitrogens with zero attached hydrogens (tertiary/aromatic N) is 1. The summed E-state index contributed by atoms with van der Waals surface area (Å²) in [4.78, 5) is 35.4. The molecule has 1 saturated heterocycles. The van der Waals surface area contributed by atoms with Gasteiger partial charge in [-0.1, -0.05) is 0 Å². The average molecular weight is 256 g/mol. The summed E-state index contributed by atoms with van der Waals surface area (Å²) in [5.74, 6) is 0. The van der Waals surface area contributed by atoms with E-state index < -0.39 is 29.7 Å². The number of H-pyrrole nitrogens is 1. The van der Waals surface area contributed by atoms with Crippen molar-refractivity contribution in [3.63, 3.8) is 0 Å². The molecule has 1 aromatic rings. The summed E-state index contributed by atoms with van der Waals surface area (Å²) in [7, 11) is 0. The van der Waals surface area contributed by atoms with E-state index in [1.807, 2.05) is 4.98 Å². The minimum Gasteiger partial charge on any atom is -0.394 e. The van der Waals surface area contributed by atoms with Crippen molar-refractivity contribution in [1.82, 2.24) is 9.55 Å². The number of aldehydes is 1. The number of carbonyl (C=O) groups is 1. The van der Waals surface area contributed by atoms with Crippen LogP contribution in [0.15, 0.2) is 15.8 Å². The van der Waals surface area contributed by atoms with E-state index >= 15 is 0 Å². The van der Waals surface area contributed by atoms with Gasteiger partial charge in [-0.3, -0.25) is 19.1 Å². The zero-order chi connectivity index (χ0) is 13.3. The third kappa shape index (κ3) is 2.13. The van der Waals surface area contributed by atoms with Crippen LogP contribution in [-0.2, 0) is 4.74 Å². The molecule has 1 aliphatic rings. The highest BCUT2D eigenvalue weighted by atomic mass is 16.5. The maximum atomic E-state index is 11.6. The Hall–Kier alpha value is -1.77. The van der Waals surface area contributed by atoms with Crippen molar-refractivity contribution in [2.75, 3.05) is 6.61 Å². The smallest absolute Gasteiger partial charge is 0.330 e. The van der Waals surface area contributed by atoms with Crippen molar-refractivity contribution in [2.45, 2.75) is 24.9 Å². The number of aromatic amines is 1. The Kier molecular flexibility index (Phi) is 3.41. The second-order valence-corrected chi connectivity index (χ2v) is 3.98. The lowest BCUT2D eigenvalue weighted by Gasteiger charge is -2.14. The van der Waals surface area contributed by atoms with Crippen molar-refractivity contribution >= 4 is 6.29 Å². The van der Waals surface area contributed by atoms with E-state index in [0.717, 1.165) is 10.8 Å². The van der Waals surface area contributed by atoms with Gasteiger partial charge in [0, 0.05) is 12.6 Å². The zero-order valence-corrected chi connectivity index (χ0v) is 9.28. The van der Waals surface area contributed by atoms with Crippen LogP contribution >= 0.6 is 0 Å². The molecule has 0 saturated carbocycles. The Labute approximate surface area is 100 Å². The van der Waals surface area contributed by atoms with Crippen LogP contribution in [0, 0.1) is 0 Å². The number of rotatable bonds is 3. The summed E-state index contributed by atoms with van der Waals surface area (Å²) < 4.78 is 6.27. The van der Waals surface area contributed by atoms with Crippen LogP contribution in [0.4, 0.5) is 0 Å². The van der Waals surface area contributed by atoms with Crippen molar-refractivity contribution in [3.8, 4) is 0 Å². The average Bonchev–Trinajstić information content (AvgIpc) is 2.70.